The Bertz CT molecular complexity index is 389. The monoisotopic (exact) mass is 293 g/mol. The lowest BCUT2D eigenvalue weighted by Gasteiger charge is -2.17. The minimum Gasteiger partial charge on any atom is -0.313 e. The molecule has 0 fully saturated rings. The van der Waals surface area contributed by atoms with Crippen LogP contribution in [0.3, 0.4) is 0 Å². The predicted molar refractivity (Wildman–Crippen MR) is 90.2 cm³/mol. The molecule has 2 heteroatoms. The lowest BCUT2D eigenvalue weighted by molar-refractivity contribution is 0.474. The zero-order chi connectivity index (χ0) is 15.5. The van der Waals surface area contributed by atoms with Crippen molar-refractivity contribution in [1.29, 1.82) is 0 Å². The van der Waals surface area contributed by atoms with E-state index in [1.54, 1.807) is 6.07 Å². The molecule has 0 saturated carbocycles. The van der Waals surface area contributed by atoms with E-state index in [-0.39, 0.29) is 11.9 Å². The van der Waals surface area contributed by atoms with Crippen molar-refractivity contribution in [2.24, 2.45) is 0 Å². The Morgan fingerprint density at radius 2 is 1.62 bits per heavy atom. The summed E-state index contributed by atoms with van der Waals surface area (Å²) in [5.41, 5.74) is 1.80. The summed E-state index contributed by atoms with van der Waals surface area (Å²) in [5, 5.41) is 3.26. The van der Waals surface area contributed by atoms with Gasteiger partial charge < -0.3 is 5.32 Å². The van der Waals surface area contributed by atoms with Crippen LogP contribution in [0.4, 0.5) is 4.39 Å². The smallest absolute Gasteiger partial charge is 0.128 e. The average Bonchev–Trinajstić information content (AvgIpc) is 2.47. The summed E-state index contributed by atoms with van der Waals surface area (Å²) in [6.07, 6.45) is 11.6. The van der Waals surface area contributed by atoms with Crippen molar-refractivity contribution in [3.05, 3.63) is 35.1 Å². The SMILES string of the molecule is CCCCCCCCCCC(NC)c1ccc(C)cc1F. The Labute approximate surface area is 130 Å². The maximum atomic E-state index is 14.0. The zero-order valence-corrected chi connectivity index (χ0v) is 14.1. The Morgan fingerprint density at radius 3 is 2.19 bits per heavy atom. The molecule has 0 aliphatic rings. The van der Waals surface area contributed by atoms with Crippen LogP contribution in [0.15, 0.2) is 18.2 Å². The van der Waals surface area contributed by atoms with Gasteiger partial charge in [-0.2, -0.15) is 0 Å². The molecule has 0 radical (unpaired) electrons. The summed E-state index contributed by atoms with van der Waals surface area (Å²) >= 11 is 0. The fourth-order valence-electron chi connectivity index (χ4n) is 2.85. The van der Waals surface area contributed by atoms with Crippen molar-refractivity contribution in [2.45, 2.75) is 77.7 Å². The Balaban J connectivity index is 2.25. The van der Waals surface area contributed by atoms with Crippen molar-refractivity contribution < 1.29 is 4.39 Å². The highest BCUT2D eigenvalue weighted by molar-refractivity contribution is 5.26. The minimum absolute atomic E-state index is 0.0751. The van der Waals surface area contributed by atoms with Gasteiger partial charge in [-0.25, -0.2) is 4.39 Å². The van der Waals surface area contributed by atoms with E-state index in [0.717, 1.165) is 17.5 Å². The van der Waals surface area contributed by atoms with E-state index < -0.39 is 0 Å². The van der Waals surface area contributed by atoms with Gasteiger partial charge >= 0.3 is 0 Å². The lowest BCUT2D eigenvalue weighted by atomic mass is 9.98. The van der Waals surface area contributed by atoms with Gasteiger partial charge in [0, 0.05) is 11.6 Å². The van der Waals surface area contributed by atoms with Crippen LogP contribution in [0.1, 0.15) is 81.9 Å². The van der Waals surface area contributed by atoms with Crippen molar-refractivity contribution >= 4 is 0 Å². The van der Waals surface area contributed by atoms with Crippen molar-refractivity contribution in [3.63, 3.8) is 0 Å². The molecular weight excluding hydrogens is 261 g/mol. The molecule has 1 aromatic carbocycles. The number of unbranched alkanes of at least 4 members (excludes halogenated alkanes) is 7. The van der Waals surface area contributed by atoms with E-state index in [9.17, 15) is 4.39 Å². The molecular formula is C19H32FN. The quantitative estimate of drug-likeness (QED) is 0.499. The normalized spacial score (nSPS) is 12.6. The molecule has 0 spiro atoms. The van der Waals surface area contributed by atoms with Crippen LogP contribution in [0.5, 0.6) is 0 Å². The summed E-state index contributed by atoms with van der Waals surface area (Å²) in [7, 11) is 1.93. The Morgan fingerprint density at radius 1 is 1.00 bits per heavy atom. The standard InChI is InChI=1S/C19H32FN/c1-4-5-6-7-8-9-10-11-12-19(21-3)17-14-13-16(2)15-18(17)20/h13-15,19,21H,4-12H2,1-3H3. The number of aryl methyl sites for hydroxylation is 1. The minimum atomic E-state index is -0.0751. The van der Waals surface area contributed by atoms with Gasteiger partial charge in [0.1, 0.15) is 5.82 Å². The molecule has 1 aromatic rings. The van der Waals surface area contributed by atoms with Gasteiger partial charge in [-0.1, -0.05) is 70.4 Å². The number of nitrogens with one attached hydrogen (secondary N) is 1. The fraction of sp³-hybridized carbons (Fsp3) is 0.684. The third-order valence-corrected chi connectivity index (χ3v) is 4.23. The first-order valence-corrected chi connectivity index (χ1v) is 8.62. The van der Waals surface area contributed by atoms with Crippen LogP contribution in [0, 0.1) is 12.7 Å². The van der Waals surface area contributed by atoms with Gasteiger partial charge in [0.2, 0.25) is 0 Å². The zero-order valence-electron chi connectivity index (χ0n) is 14.1. The molecule has 0 aliphatic carbocycles. The largest absolute Gasteiger partial charge is 0.313 e. The van der Waals surface area contributed by atoms with Crippen LogP contribution in [0.2, 0.25) is 0 Å². The number of hydrogen-bond donors (Lipinski definition) is 1. The van der Waals surface area contributed by atoms with Gasteiger partial charge in [0.15, 0.2) is 0 Å². The maximum absolute atomic E-state index is 14.0. The first kappa shape index (κ1) is 18.2. The Hall–Kier alpha value is -0.890. The molecule has 1 unspecified atom stereocenters. The van der Waals surface area contributed by atoms with Gasteiger partial charge in [-0.15, -0.1) is 0 Å². The number of rotatable bonds is 11. The molecule has 1 rings (SSSR count). The van der Waals surface area contributed by atoms with E-state index >= 15 is 0 Å². The topological polar surface area (TPSA) is 12.0 Å². The van der Waals surface area contributed by atoms with Crippen LogP contribution >= 0.6 is 0 Å². The first-order chi connectivity index (χ1) is 10.2. The third-order valence-electron chi connectivity index (χ3n) is 4.23. The first-order valence-electron chi connectivity index (χ1n) is 8.62. The molecule has 21 heavy (non-hydrogen) atoms. The van der Waals surface area contributed by atoms with E-state index in [1.165, 1.54) is 51.4 Å². The second-order valence-electron chi connectivity index (χ2n) is 6.13. The molecule has 0 amide bonds. The van der Waals surface area contributed by atoms with Crippen LogP contribution in [0.25, 0.3) is 0 Å². The third kappa shape index (κ3) is 7.08. The van der Waals surface area contributed by atoms with Gasteiger partial charge in [0.05, 0.1) is 0 Å². The average molecular weight is 293 g/mol. The van der Waals surface area contributed by atoms with Crippen molar-refractivity contribution in [2.75, 3.05) is 7.05 Å². The van der Waals surface area contributed by atoms with Crippen LogP contribution in [-0.2, 0) is 0 Å². The van der Waals surface area contributed by atoms with E-state index in [2.05, 4.69) is 12.2 Å². The lowest BCUT2D eigenvalue weighted by Crippen LogP contribution is -2.17. The molecule has 0 aliphatic heterocycles. The van der Waals surface area contributed by atoms with E-state index in [1.807, 2.05) is 26.1 Å². The second kappa shape index (κ2) is 10.8. The van der Waals surface area contributed by atoms with Crippen molar-refractivity contribution in [1.82, 2.24) is 5.32 Å². The summed E-state index contributed by atoms with van der Waals surface area (Å²) in [5.74, 6) is -0.0751. The molecule has 0 bridgehead atoms. The molecule has 1 nitrogen and oxygen atoms in total. The maximum Gasteiger partial charge on any atom is 0.128 e. The highest BCUT2D eigenvalue weighted by Crippen LogP contribution is 2.23. The summed E-state index contributed by atoms with van der Waals surface area (Å²) < 4.78 is 14.0. The molecule has 1 N–H and O–H groups in total. The van der Waals surface area contributed by atoms with Gasteiger partial charge in [-0.3, -0.25) is 0 Å². The van der Waals surface area contributed by atoms with Crippen molar-refractivity contribution in [3.8, 4) is 0 Å². The predicted octanol–water partition coefficient (Wildman–Crippen LogP) is 5.93. The fourth-order valence-corrected chi connectivity index (χ4v) is 2.85. The van der Waals surface area contributed by atoms with Crippen LogP contribution < -0.4 is 5.32 Å². The number of benzene rings is 1. The molecule has 1 atom stereocenters. The van der Waals surface area contributed by atoms with Crippen LogP contribution in [-0.4, -0.2) is 7.05 Å². The van der Waals surface area contributed by atoms with Gasteiger partial charge in [-0.05, 0) is 32.0 Å². The molecule has 0 aromatic heterocycles. The highest BCUT2D eigenvalue weighted by atomic mass is 19.1. The second-order valence-corrected chi connectivity index (χ2v) is 6.13. The summed E-state index contributed by atoms with van der Waals surface area (Å²) in [4.78, 5) is 0. The number of halogens is 1. The van der Waals surface area contributed by atoms with E-state index in [4.69, 9.17) is 0 Å². The summed E-state index contributed by atoms with van der Waals surface area (Å²) in [6, 6.07) is 5.70. The van der Waals surface area contributed by atoms with Gasteiger partial charge in [0.25, 0.3) is 0 Å². The molecule has 0 saturated heterocycles. The molecule has 120 valence electrons. The summed E-state index contributed by atoms with van der Waals surface area (Å²) in [6.45, 7) is 4.18. The Kier molecular flexibility index (Phi) is 9.32. The van der Waals surface area contributed by atoms with E-state index in [0.29, 0.717) is 0 Å². The number of hydrogen-bond acceptors (Lipinski definition) is 1. The highest BCUT2D eigenvalue weighted by Gasteiger charge is 2.13. The molecule has 0 heterocycles.